The zero-order chi connectivity index (χ0) is 14.7. The Morgan fingerprint density at radius 1 is 1.30 bits per heavy atom. The van der Waals surface area contributed by atoms with E-state index < -0.39 is 16.8 Å². The van der Waals surface area contributed by atoms with Crippen LogP contribution in [0.25, 0.3) is 0 Å². The third-order valence-electron chi connectivity index (χ3n) is 3.38. The average Bonchev–Trinajstić information content (AvgIpc) is 2.46. The van der Waals surface area contributed by atoms with Crippen molar-refractivity contribution in [3.05, 3.63) is 39.9 Å². The molecular formula is C13H14N2O5. The quantitative estimate of drug-likeness (QED) is 0.667. The SMILES string of the molecule is O=C(O)C1CCCN(C(=O)c2ccc([N+](=O)[O-])cc2)C1. The molecule has 0 bridgehead atoms. The van der Waals surface area contributed by atoms with Crippen molar-refractivity contribution in [3.8, 4) is 0 Å². The second kappa shape index (κ2) is 5.68. The van der Waals surface area contributed by atoms with Crippen molar-refractivity contribution in [2.45, 2.75) is 12.8 Å². The van der Waals surface area contributed by atoms with Crippen LogP contribution in [0.15, 0.2) is 24.3 Å². The van der Waals surface area contributed by atoms with Gasteiger partial charge in [0.25, 0.3) is 11.6 Å². The Morgan fingerprint density at radius 3 is 2.50 bits per heavy atom. The van der Waals surface area contributed by atoms with Gasteiger partial charge in [-0.1, -0.05) is 0 Å². The summed E-state index contributed by atoms with van der Waals surface area (Å²) < 4.78 is 0. The first-order chi connectivity index (χ1) is 9.49. The Hall–Kier alpha value is -2.44. The molecule has 1 aliphatic heterocycles. The fourth-order valence-electron chi connectivity index (χ4n) is 2.27. The van der Waals surface area contributed by atoms with Crippen molar-refractivity contribution in [2.75, 3.05) is 13.1 Å². The topological polar surface area (TPSA) is 101 Å². The minimum absolute atomic E-state index is 0.0800. The normalized spacial score (nSPS) is 18.6. The summed E-state index contributed by atoms with van der Waals surface area (Å²) in [5, 5.41) is 19.5. The van der Waals surface area contributed by atoms with Gasteiger partial charge in [0.15, 0.2) is 0 Å². The molecule has 1 atom stereocenters. The Kier molecular flexibility index (Phi) is 3.97. The van der Waals surface area contributed by atoms with Crippen LogP contribution in [0, 0.1) is 16.0 Å². The minimum Gasteiger partial charge on any atom is -0.481 e. The summed E-state index contributed by atoms with van der Waals surface area (Å²) in [6, 6.07) is 5.33. The number of piperidine rings is 1. The van der Waals surface area contributed by atoms with E-state index in [1.54, 1.807) is 0 Å². The highest BCUT2D eigenvalue weighted by Crippen LogP contribution is 2.20. The van der Waals surface area contributed by atoms with Gasteiger partial charge >= 0.3 is 5.97 Å². The van der Waals surface area contributed by atoms with Crippen molar-refractivity contribution in [2.24, 2.45) is 5.92 Å². The Labute approximate surface area is 115 Å². The maximum atomic E-state index is 12.2. The summed E-state index contributed by atoms with van der Waals surface area (Å²) in [5.41, 5.74) is 0.255. The van der Waals surface area contributed by atoms with Crippen LogP contribution in [0.4, 0.5) is 5.69 Å². The highest BCUT2D eigenvalue weighted by atomic mass is 16.6. The third-order valence-corrected chi connectivity index (χ3v) is 3.38. The number of nitrogens with zero attached hydrogens (tertiary/aromatic N) is 2. The molecule has 0 aromatic heterocycles. The van der Waals surface area contributed by atoms with E-state index in [1.165, 1.54) is 29.2 Å². The molecule has 1 N–H and O–H groups in total. The number of rotatable bonds is 3. The molecule has 0 aliphatic carbocycles. The lowest BCUT2D eigenvalue weighted by Gasteiger charge is -2.30. The maximum Gasteiger partial charge on any atom is 0.308 e. The number of hydrogen-bond acceptors (Lipinski definition) is 4. The van der Waals surface area contributed by atoms with Gasteiger partial charge in [-0.15, -0.1) is 0 Å². The highest BCUT2D eigenvalue weighted by Gasteiger charge is 2.28. The maximum absolute atomic E-state index is 12.2. The first kappa shape index (κ1) is 14.0. The molecule has 0 spiro atoms. The van der Waals surface area contributed by atoms with Crippen molar-refractivity contribution in [1.82, 2.24) is 4.90 Å². The van der Waals surface area contributed by atoms with E-state index in [4.69, 9.17) is 5.11 Å². The molecule has 1 heterocycles. The molecule has 20 heavy (non-hydrogen) atoms. The van der Waals surface area contributed by atoms with Gasteiger partial charge in [0, 0.05) is 30.8 Å². The summed E-state index contributed by atoms with van der Waals surface area (Å²) in [4.78, 5) is 34.7. The molecule has 2 rings (SSSR count). The summed E-state index contributed by atoms with van der Waals surface area (Å²) in [7, 11) is 0. The van der Waals surface area contributed by atoms with E-state index in [0.717, 1.165) is 0 Å². The number of nitro benzene ring substituents is 1. The van der Waals surface area contributed by atoms with Gasteiger partial charge in [0.05, 0.1) is 10.8 Å². The van der Waals surface area contributed by atoms with Crippen molar-refractivity contribution in [3.63, 3.8) is 0 Å². The Balaban J connectivity index is 2.10. The molecule has 0 saturated carbocycles. The lowest BCUT2D eigenvalue weighted by Crippen LogP contribution is -2.42. The molecule has 1 aliphatic rings. The molecule has 106 valence electrons. The first-order valence-corrected chi connectivity index (χ1v) is 6.25. The molecule has 1 fully saturated rings. The standard InChI is InChI=1S/C13H14N2O5/c16-12(9-3-5-11(6-4-9)15(19)20)14-7-1-2-10(8-14)13(17)18/h3-6,10H,1-2,7-8H2,(H,17,18). The number of hydrogen-bond donors (Lipinski definition) is 1. The van der Waals surface area contributed by atoms with Gasteiger partial charge < -0.3 is 10.0 Å². The zero-order valence-electron chi connectivity index (χ0n) is 10.7. The monoisotopic (exact) mass is 278 g/mol. The summed E-state index contributed by atoms with van der Waals surface area (Å²) in [6.07, 6.45) is 1.22. The molecule has 7 nitrogen and oxygen atoms in total. The fourth-order valence-corrected chi connectivity index (χ4v) is 2.27. The van der Waals surface area contributed by atoms with Crippen LogP contribution in [0.5, 0.6) is 0 Å². The molecule has 1 amide bonds. The van der Waals surface area contributed by atoms with Crippen LogP contribution in [0.3, 0.4) is 0 Å². The smallest absolute Gasteiger partial charge is 0.308 e. The number of amides is 1. The number of aliphatic carboxylic acids is 1. The van der Waals surface area contributed by atoms with Gasteiger partial charge in [-0.05, 0) is 25.0 Å². The number of carboxylic acid groups (broad SMARTS) is 1. The van der Waals surface area contributed by atoms with Gasteiger partial charge in [-0.2, -0.15) is 0 Å². The number of carbonyl (C=O) groups is 2. The second-order valence-corrected chi connectivity index (χ2v) is 4.73. The fraction of sp³-hybridized carbons (Fsp3) is 0.385. The number of likely N-dealkylation sites (tertiary alicyclic amines) is 1. The van der Waals surface area contributed by atoms with Gasteiger partial charge in [0.2, 0.25) is 0 Å². The predicted molar refractivity (Wildman–Crippen MR) is 69.4 cm³/mol. The lowest BCUT2D eigenvalue weighted by atomic mass is 9.97. The Bertz CT molecular complexity index is 540. The largest absolute Gasteiger partial charge is 0.481 e. The van der Waals surface area contributed by atoms with Crippen LogP contribution >= 0.6 is 0 Å². The number of carbonyl (C=O) groups excluding carboxylic acids is 1. The van der Waals surface area contributed by atoms with Crippen LogP contribution < -0.4 is 0 Å². The zero-order valence-corrected chi connectivity index (χ0v) is 10.7. The number of carboxylic acids is 1. The molecule has 0 radical (unpaired) electrons. The van der Waals surface area contributed by atoms with E-state index in [1.807, 2.05) is 0 Å². The van der Waals surface area contributed by atoms with E-state index in [-0.39, 0.29) is 18.1 Å². The lowest BCUT2D eigenvalue weighted by molar-refractivity contribution is -0.384. The van der Waals surface area contributed by atoms with Gasteiger partial charge in [-0.3, -0.25) is 19.7 Å². The van der Waals surface area contributed by atoms with E-state index in [9.17, 15) is 19.7 Å². The average molecular weight is 278 g/mol. The molecule has 7 heteroatoms. The van der Waals surface area contributed by atoms with Crippen molar-refractivity contribution in [1.29, 1.82) is 0 Å². The van der Waals surface area contributed by atoms with E-state index in [2.05, 4.69) is 0 Å². The molecule has 1 saturated heterocycles. The van der Waals surface area contributed by atoms with Gasteiger partial charge in [0.1, 0.15) is 0 Å². The van der Waals surface area contributed by atoms with Gasteiger partial charge in [-0.25, -0.2) is 0 Å². The number of benzene rings is 1. The minimum atomic E-state index is -0.897. The van der Waals surface area contributed by atoms with Crippen LogP contribution in [-0.4, -0.2) is 39.9 Å². The molecular weight excluding hydrogens is 264 g/mol. The van der Waals surface area contributed by atoms with Crippen LogP contribution in [0.2, 0.25) is 0 Å². The summed E-state index contributed by atoms with van der Waals surface area (Å²) >= 11 is 0. The van der Waals surface area contributed by atoms with Crippen molar-refractivity contribution < 1.29 is 19.6 Å². The van der Waals surface area contributed by atoms with Crippen LogP contribution in [-0.2, 0) is 4.79 Å². The number of non-ortho nitro benzene ring substituents is 1. The van der Waals surface area contributed by atoms with E-state index >= 15 is 0 Å². The van der Waals surface area contributed by atoms with E-state index in [0.29, 0.717) is 24.9 Å². The summed E-state index contributed by atoms with van der Waals surface area (Å²) in [5.74, 6) is -1.72. The number of nitro groups is 1. The predicted octanol–water partition coefficient (Wildman–Crippen LogP) is 1.53. The molecule has 1 aromatic rings. The van der Waals surface area contributed by atoms with Crippen molar-refractivity contribution >= 4 is 17.6 Å². The molecule has 1 unspecified atom stereocenters. The second-order valence-electron chi connectivity index (χ2n) is 4.73. The Morgan fingerprint density at radius 2 is 1.95 bits per heavy atom. The third kappa shape index (κ3) is 2.93. The van der Waals surface area contributed by atoms with Crippen LogP contribution in [0.1, 0.15) is 23.2 Å². The first-order valence-electron chi connectivity index (χ1n) is 6.25. The molecule has 1 aromatic carbocycles. The highest BCUT2D eigenvalue weighted by molar-refractivity contribution is 5.94. The summed E-state index contributed by atoms with van der Waals surface area (Å²) in [6.45, 7) is 0.699.